The molecule has 36 heavy (non-hydrogen) atoms. The minimum Gasteiger partial charge on any atom is -0.481 e. The Morgan fingerprint density at radius 2 is 1.97 bits per heavy atom. The summed E-state index contributed by atoms with van der Waals surface area (Å²) in [6.07, 6.45) is 2.16. The molecule has 2 aromatic heterocycles. The molecule has 1 N–H and O–H groups in total. The first-order valence-corrected chi connectivity index (χ1v) is 12.2. The zero-order chi connectivity index (χ0) is 25.6. The van der Waals surface area contributed by atoms with Crippen LogP contribution >= 0.6 is 11.6 Å². The van der Waals surface area contributed by atoms with Gasteiger partial charge in [0.1, 0.15) is 11.5 Å². The molecule has 9 heteroatoms. The van der Waals surface area contributed by atoms with Gasteiger partial charge in [-0.3, -0.25) is 14.6 Å². The molecule has 1 saturated heterocycles. The lowest BCUT2D eigenvalue weighted by molar-refractivity contribution is -0.144. The minimum absolute atomic E-state index is 0.0583. The van der Waals surface area contributed by atoms with Crippen molar-refractivity contribution >= 4 is 34.9 Å². The van der Waals surface area contributed by atoms with Gasteiger partial charge >= 0.3 is 5.97 Å². The van der Waals surface area contributed by atoms with Crippen molar-refractivity contribution in [3.63, 3.8) is 0 Å². The molecule has 1 fully saturated rings. The second kappa shape index (κ2) is 9.17. The number of amides is 1. The molecule has 5 rings (SSSR count). The summed E-state index contributed by atoms with van der Waals surface area (Å²) in [6, 6.07) is 13.6. The van der Waals surface area contributed by atoms with Crippen LogP contribution in [0.15, 0.2) is 54.7 Å². The summed E-state index contributed by atoms with van der Waals surface area (Å²) >= 11 is 5.86. The lowest BCUT2D eigenvalue weighted by Gasteiger charge is -2.36. The first-order valence-electron chi connectivity index (χ1n) is 11.8. The molecule has 2 atom stereocenters. The van der Waals surface area contributed by atoms with E-state index < -0.39 is 23.1 Å². The predicted molar refractivity (Wildman–Crippen MR) is 134 cm³/mol. The van der Waals surface area contributed by atoms with E-state index in [0.717, 1.165) is 17.1 Å². The van der Waals surface area contributed by atoms with E-state index in [-0.39, 0.29) is 29.1 Å². The van der Waals surface area contributed by atoms with Crippen molar-refractivity contribution in [3.05, 3.63) is 82.6 Å². The Bertz CT molecular complexity index is 1330. The van der Waals surface area contributed by atoms with Crippen LogP contribution in [0.2, 0.25) is 5.02 Å². The number of pyridine rings is 2. The highest BCUT2D eigenvalue weighted by atomic mass is 35.5. The van der Waals surface area contributed by atoms with Crippen molar-refractivity contribution in [3.8, 4) is 0 Å². The number of benzene rings is 1. The SMILES string of the molecule is CC1(C)CN(c2ccc(Cl)c(F)c2)c2ccc(C(=O)N3CC[C@H](c4ccccn4)[C@H](C(=O)O)C3)nc21. The Morgan fingerprint density at radius 1 is 1.17 bits per heavy atom. The number of hydrogen-bond acceptors (Lipinski definition) is 5. The van der Waals surface area contributed by atoms with Gasteiger partial charge in [0, 0.05) is 48.5 Å². The number of anilines is 2. The summed E-state index contributed by atoms with van der Waals surface area (Å²) in [5.74, 6) is -2.75. The van der Waals surface area contributed by atoms with E-state index in [1.807, 2.05) is 36.9 Å². The van der Waals surface area contributed by atoms with Gasteiger partial charge in [-0.2, -0.15) is 0 Å². The van der Waals surface area contributed by atoms with E-state index in [4.69, 9.17) is 16.6 Å². The number of nitrogens with zero attached hydrogens (tertiary/aromatic N) is 4. The molecule has 0 saturated carbocycles. The van der Waals surface area contributed by atoms with Gasteiger partial charge in [-0.1, -0.05) is 31.5 Å². The molecule has 0 unspecified atom stereocenters. The molecule has 1 amide bonds. The minimum atomic E-state index is -0.947. The van der Waals surface area contributed by atoms with Gasteiger partial charge in [-0.15, -0.1) is 0 Å². The number of likely N-dealkylation sites (tertiary alicyclic amines) is 1. The summed E-state index contributed by atoms with van der Waals surface area (Å²) in [7, 11) is 0. The summed E-state index contributed by atoms with van der Waals surface area (Å²) in [4.78, 5) is 38.1. The van der Waals surface area contributed by atoms with E-state index >= 15 is 0 Å². The molecule has 0 bridgehead atoms. The van der Waals surface area contributed by atoms with Crippen LogP contribution in [0.5, 0.6) is 0 Å². The average molecular weight is 509 g/mol. The molecule has 0 spiro atoms. The molecular formula is C27H26ClFN4O3. The number of aromatic nitrogens is 2. The average Bonchev–Trinajstić information content (AvgIpc) is 3.15. The number of carbonyl (C=O) groups excluding carboxylic acids is 1. The largest absolute Gasteiger partial charge is 0.481 e. The van der Waals surface area contributed by atoms with Crippen LogP contribution in [0.4, 0.5) is 15.8 Å². The molecule has 0 radical (unpaired) electrons. The number of fused-ring (bicyclic) bond motifs is 1. The third-order valence-corrected chi connectivity index (χ3v) is 7.38. The zero-order valence-electron chi connectivity index (χ0n) is 20.0. The molecule has 2 aliphatic heterocycles. The number of hydrogen-bond donors (Lipinski definition) is 1. The van der Waals surface area contributed by atoms with Crippen LogP contribution < -0.4 is 4.90 Å². The number of halogens is 2. The fourth-order valence-corrected chi connectivity index (χ4v) is 5.34. The number of carboxylic acid groups (broad SMARTS) is 1. The predicted octanol–water partition coefficient (Wildman–Crippen LogP) is 5.03. The van der Waals surface area contributed by atoms with Crippen molar-refractivity contribution in [1.82, 2.24) is 14.9 Å². The van der Waals surface area contributed by atoms with Gasteiger partial charge in [0.25, 0.3) is 5.91 Å². The Kier molecular flexibility index (Phi) is 6.16. The second-order valence-corrected chi connectivity index (χ2v) is 10.4. The maximum absolute atomic E-state index is 14.1. The highest BCUT2D eigenvalue weighted by molar-refractivity contribution is 6.30. The summed E-state index contributed by atoms with van der Waals surface area (Å²) in [5.41, 5.74) is 2.81. The smallest absolute Gasteiger partial charge is 0.308 e. The number of rotatable bonds is 4. The Morgan fingerprint density at radius 3 is 2.67 bits per heavy atom. The van der Waals surface area contributed by atoms with Crippen molar-refractivity contribution in [2.24, 2.45) is 5.92 Å². The van der Waals surface area contributed by atoms with Crippen molar-refractivity contribution in [2.45, 2.75) is 31.6 Å². The van der Waals surface area contributed by atoms with Crippen molar-refractivity contribution < 1.29 is 19.1 Å². The lowest BCUT2D eigenvalue weighted by Crippen LogP contribution is -2.46. The van der Waals surface area contributed by atoms with E-state index in [2.05, 4.69) is 4.98 Å². The monoisotopic (exact) mass is 508 g/mol. The summed E-state index contributed by atoms with van der Waals surface area (Å²) in [6.45, 7) is 5.12. The summed E-state index contributed by atoms with van der Waals surface area (Å²) in [5, 5.41) is 9.95. The topological polar surface area (TPSA) is 86.6 Å². The van der Waals surface area contributed by atoms with Crippen LogP contribution in [0.3, 0.4) is 0 Å². The van der Waals surface area contributed by atoms with Crippen LogP contribution in [-0.2, 0) is 10.2 Å². The molecule has 0 aliphatic carbocycles. The quantitative estimate of drug-likeness (QED) is 0.532. The van der Waals surface area contributed by atoms with Gasteiger partial charge in [0.15, 0.2) is 0 Å². The number of piperidine rings is 1. The van der Waals surface area contributed by atoms with Gasteiger partial charge in [0.2, 0.25) is 0 Å². The van der Waals surface area contributed by atoms with E-state index in [9.17, 15) is 19.1 Å². The van der Waals surface area contributed by atoms with Crippen LogP contribution in [0, 0.1) is 11.7 Å². The van der Waals surface area contributed by atoms with Gasteiger partial charge in [-0.05, 0) is 48.9 Å². The number of aliphatic carboxylic acids is 1. The summed E-state index contributed by atoms with van der Waals surface area (Å²) < 4.78 is 14.1. The fraction of sp³-hybridized carbons (Fsp3) is 0.333. The normalized spacial score (nSPS) is 20.8. The molecule has 1 aromatic carbocycles. The first kappa shape index (κ1) is 24.2. The third-order valence-electron chi connectivity index (χ3n) is 7.08. The molecule has 4 heterocycles. The standard InChI is InChI=1S/C27H26ClFN4O3/c1-27(2)15-33(16-6-7-19(28)20(29)13-16)23-9-8-22(31-24(23)27)25(34)32-12-10-17(18(14-32)26(35)36)21-5-3-4-11-30-21/h3-9,11,13,17-18H,10,12,14-15H2,1-2H3,(H,35,36)/t17-,18+/m0/s1. The van der Waals surface area contributed by atoms with E-state index in [0.29, 0.717) is 25.2 Å². The van der Waals surface area contributed by atoms with Gasteiger partial charge in [0.05, 0.1) is 22.3 Å². The van der Waals surface area contributed by atoms with Crippen LogP contribution in [0.25, 0.3) is 0 Å². The Hall–Kier alpha value is -3.52. The Labute approximate surface area is 213 Å². The van der Waals surface area contributed by atoms with Crippen molar-refractivity contribution in [2.75, 3.05) is 24.5 Å². The zero-order valence-corrected chi connectivity index (χ0v) is 20.7. The number of carbonyl (C=O) groups is 2. The Balaban J connectivity index is 1.41. The van der Waals surface area contributed by atoms with Crippen molar-refractivity contribution in [1.29, 1.82) is 0 Å². The van der Waals surface area contributed by atoms with Crippen LogP contribution in [-0.4, -0.2) is 51.5 Å². The highest BCUT2D eigenvalue weighted by Crippen LogP contribution is 2.44. The third kappa shape index (κ3) is 4.30. The number of carboxylic acids is 1. The molecule has 3 aromatic rings. The second-order valence-electron chi connectivity index (χ2n) is 9.98. The molecular weight excluding hydrogens is 483 g/mol. The van der Waals surface area contributed by atoms with Gasteiger partial charge in [-0.25, -0.2) is 9.37 Å². The first-order chi connectivity index (χ1) is 17.2. The molecule has 186 valence electrons. The van der Waals surface area contributed by atoms with E-state index in [1.54, 1.807) is 29.3 Å². The fourth-order valence-electron chi connectivity index (χ4n) is 5.22. The van der Waals surface area contributed by atoms with Crippen LogP contribution in [0.1, 0.15) is 48.1 Å². The maximum Gasteiger partial charge on any atom is 0.308 e. The lowest BCUT2D eigenvalue weighted by atomic mass is 9.82. The molecule has 7 nitrogen and oxygen atoms in total. The molecule has 2 aliphatic rings. The van der Waals surface area contributed by atoms with E-state index in [1.165, 1.54) is 12.1 Å². The highest BCUT2D eigenvalue weighted by Gasteiger charge is 2.40. The van der Waals surface area contributed by atoms with Gasteiger partial charge < -0.3 is 14.9 Å². The maximum atomic E-state index is 14.1.